The van der Waals surface area contributed by atoms with Crippen LogP contribution < -0.4 is 21.7 Å². The average molecular weight is 432 g/mol. The number of hydrogen-bond donors (Lipinski definition) is 6. The minimum absolute atomic E-state index is 0.0524. The number of aliphatic carboxylic acids is 1. The van der Waals surface area contributed by atoms with E-state index in [4.69, 9.17) is 10.8 Å². The van der Waals surface area contributed by atoms with Gasteiger partial charge in [-0.1, -0.05) is 13.8 Å². The summed E-state index contributed by atoms with van der Waals surface area (Å²) in [5.41, 5.74) is 5.90. The lowest BCUT2D eigenvalue weighted by atomic mass is 10.0. The van der Waals surface area contributed by atoms with Gasteiger partial charge in [0.1, 0.15) is 18.6 Å². The summed E-state index contributed by atoms with van der Waals surface area (Å²) < 4.78 is 0. The number of nitrogens with two attached hydrogens (primary N) is 1. The van der Waals surface area contributed by atoms with E-state index in [0.29, 0.717) is 19.4 Å². The molecule has 12 heteroatoms. The molecule has 0 spiro atoms. The van der Waals surface area contributed by atoms with Gasteiger partial charge in [-0.15, -0.1) is 0 Å². The van der Waals surface area contributed by atoms with Crippen molar-refractivity contribution in [3.8, 4) is 0 Å². The van der Waals surface area contributed by atoms with Gasteiger partial charge >= 0.3 is 5.97 Å². The Balaban J connectivity index is 2.55. The van der Waals surface area contributed by atoms with E-state index in [1.807, 2.05) is 13.8 Å². The van der Waals surface area contributed by atoms with E-state index in [0.717, 1.165) is 0 Å². The van der Waals surface area contributed by atoms with Gasteiger partial charge in [0.15, 0.2) is 0 Å². The zero-order valence-electron chi connectivity index (χ0n) is 16.5. The summed E-state index contributed by atoms with van der Waals surface area (Å²) in [4.78, 5) is 60.7. The van der Waals surface area contributed by atoms with Crippen LogP contribution in [-0.4, -0.2) is 83.1 Å². The molecule has 164 valence electrons. The smallest absolute Gasteiger partial charge is 0.322 e. The Labute approximate surface area is 174 Å². The second-order valence-electron chi connectivity index (χ2n) is 7.09. The molecule has 1 aliphatic heterocycles. The number of carbonyl (C=O) groups excluding carboxylic acids is 4. The number of carbonyl (C=O) groups is 5. The van der Waals surface area contributed by atoms with Crippen LogP contribution in [-0.2, 0) is 24.0 Å². The third kappa shape index (κ3) is 7.54. The zero-order valence-corrected chi connectivity index (χ0v) is 17.4. The Morgan fingerprint density at radius 3 is 2.38 bits per heavy atom. The number of nitrogens with zero attached hydrogens (tertiary/aromatic N) is 1. The van der Waals surface area contributed by atoms with Crippen LogP contribution in [0.1, 0.15) is 26.7 Å². The summed E-state index contributed by atoms with van der Waals surface area (Å²) in [5, 5.41) is 15.5. The summed E-state index contributed by atoms with van der Waals surface area (Å²) in [6, 6.07) is -2.44. The van der Waals surface area contributed by atoms with Gasteiger partial charge < -0.3 is 31.7 Å². The third-order valence-electron chi connectivity index (χ3n) is 4.51. The molecule has 0 radical (unpaired) electrons. The number of carboxylic acid groups (broad SMARTS) is 1. The van der Waals surface area contributed by atoms with Crippen LogP contribution in [0, 0.1) is 5.92 Å². The molecule has 3 atom stereocenters. The molecule has 1 rings (SSSR count). The van der Waals surface area contributed by atoms with Crippen molar-refractivity contribution in [1.29, 1.82) is 0 Å². The van der Waals surface area contributed by atoms with Gasteiger partial charge in [-0.25, -0.2) is 0 Å². The van der Waals surface area contributed by atoms with Crippen LogP contribution in [0.15, 0.2) is 0 Å². The summed E-state index contributed by atoms with van der Waals surface area (Å²) >= 11 is 3.96. The van der Waals surface area contributed by atoms with Gasteiger partial charge in [-0.2, -0.15) is 12.6 Å². The van der Waals surface area contributed by atoms with Crippen molar-refractivity contribution < 1.29 is 29.1 Å². The van der Waals surface area contributed by atoms with E-state index in [-0.39, 0.29) is 17.6 Å². The summed E-state index contributed by atoms with van der Waals surface area (Å²) in [6.45, 7) is 3.09. The molecule has 1 saturated heterocycles. The van der Waals surface area contributed by atoms with E-state index >= 15 is 0 Å². The predicted octanol–water partition coefficient (Wildman–Crippen LogP) is -2.31. The van der Waals surface area contributed by atoms with Crippen molar-refractivity contribution in [2.75, 3.05) is 25.4 Å². The van der Waals surface area contributed by atoms with E-state index in [9.17, 15) is 24.0 Å². The zero-order chi connectivity index (χ0) is 22.1. The van der Waals surface area contributed by atoms with E-state index in [2.05, 4.69) is 28.6 Å². The number of amides is 4. The molecule has 4 amide bonds. The highest BCUT2D eigenvalue weighted by atomic mass is 32.1. The molecule has 0 aliphatic carbocycles. The Bertz CT molecular complexity index is 644. The first-order valence-corrected chi connectivity index (χ1v) is 9.95. The minimum atomic E-state index is -1.22. The normalized spacial score (nSPS) is 18.1. The largest absolute Gasteiger partial charge is 0.480 e. The molecule has 1 aliphatic rings. The number of likely N-dealkylation sites (tertiary alicyclic amines) is 1. The molecule has 6 N–H and O–H groups in total. The SMILES string of the molecule is CC(C)[C@H](N)C(=O)N1CCC[C@H]1C(=O)NCC(=O)N[C@@H](CS)C(=O)NCC(=O)O. The Hall–Kier alpha value is -2.34. The Morgan fingerprint density at radius 2 is 1.83 bits per heavy atom. The fourth-order valence-electron chi connectivity index (χ4n) is 2.79. The standard InChI is InChI=1S/C17H29N5O6S/c1-9(2)14(18)17(28)22-5-3-4-11(22)16(27)19-6-12(23)21-10(8-29)15(26)20-7-13(24)25/h9-11,14,29H,3-8,18H2,1-2H3,(H,19,27)(H,20,26)(H,21,23)(H,24,25)/t10-,11-,14-/m0/s1. The highest BCUT2D eigenvalue weighted by Gasteiger charge is 2.36. The van der Waals surface area contributed by atoms with Crippen LogP contribution in [0.25, 0.3) is 0 Å². The maximum absolute atomic E-state index is 12.5. The summed E-state index contributed by atoms with van der Waals surface area (Å²) in [6.07, 6.45) is 1.13. The maximum atomic E-state index is 12.5. The fourth-order valence-corrected chi connectivity index (χ4v) is 3.05. The summed E-state index contributed by atoms with van der Waals surface area (Å²) in [5.74, 6) is -3.45. The molecule has 0 aromatic rings. The Kier molecular flexibility index (Phi) is 9.89. The molecular weight excluding hydrogens is 402 g/mol. The third-order valence-corrected chi connectivity index (χ3v) is 4.88. The molecule has 0 unspecified atom stereocenters. The fraction of sp³-hybridized carbons (Fsp3) is 0.706. The number of hydrogen-bond acceptors (Lipinski definition) is 7. The first-order chi connectivity index (χ1) is 13.6. The van der Waals surface area contributed by atoms with Crippen molar-refractivity contribution in [1.82, 2.24) is 20.9 Å². The number of carboxylic acids is 1. The lowest BCUT2D eigenvalue weighted by Gasteiger charge is -2.28. The molecule has 0 bridgehead atoms. The maximum Gasteiger partial charge on any atom is 0.322 e. The Morgan fingerprint density at radius 1 is 1.17 bits per heavy atom. The topological polar surface area (TPSA) is 171 Å². The van der Waals surface area contributed by atoms with Gasteiger partial charge in [-0.3, -0.25) is 24.0 Å². The first kappa shape index (κ1) is 24.7. The minimum Gasteiger partial charge on any atom is -0.480 e. The van der Waals surface area contributed by atoms with Crippen LogP contribution in [0.3, 0.4) is 0 Å². The van der Waals surface area contributed by atoms with Gasteiger partial charge in [0, 0.05) is 12.3 Å². The molecule has 0 aromatic carbocycles. The first-order valence-electron chi connectivity index (χ1n) is 9.32. The van der Waals surface area contributed by atoms with Crippen molar-refractivity contribution in [3.05, 3.63) is 0 Å². The van der Waals surface area contributed by atoms with Gasteiger partial charge in [0.25, 0.3) is 0 Å². The lowest BCUT2D eigenvalue weighted by molar-refractivity contribution is -0.140. The van der Waals surface area contributed by atoms with Crippen LogP contribution in [0.4, 0.5) is 0 Å². The van der Waals surface area contributed by atoms with Crippen LogP contribution in [0.2, 0.25) is 0 Å². The van der Waals surface area contributed by atoms with Gasteiger partial charge in [0.2, 0.25) is 23.6 Å². The second kappa shape index (κ2) is 11.6. The van der Waals surface area contributed by atoms with Crippen molar-refractivity contribution in [2.45, 2.75) is 44.8 Å². The van der Waals surface area contributed by atoms with E-state index < -0.39 is 54.9 Å². The quantitative estimate of drug-likeness (QED) is 0.211. The van der Waals surface area contributed by atoms with Gasteiger partial charge in [0.05, 0.1) is 12.6 Å². The van der Waals surface area contributed by atoms with Crippen molar-refractivity contribution in [2.24, 2.45) is 11.7 Å². The molecule has 0 aromatic heterocycles. The van der Waals surface area contributed by atoms with E-state index in [1.54, 1.807) is 0 Å². The molecule has 11 nitrogen and oxygen atoms in total. The predicted molar refractivity (Wildman–Crippen MR) is 107 cm³/mol. The van der Waals surface area contributed by atoms with Crippen LogP contribution >= 0.6 is 12.6 Å². The second-order valence-corrected chi connectivity index (χ2v) is 7.46. The number of thiol groups is 1. The number of nitrogens with one attached hydrogen (secondary N) is 3. The molecule has 29 heavy (non-hydrogen) atoms. The lowest BCUT2D eigenvalue weighted by Crippen LogP contribution is -2.54. The highest BCUT2D eigenvalue weighted by Crippen LogP contribution is 2.19. The van der Waals surface area contributed by atoms with Gasteiger partial charge in [-0.05, 0) is 18.8 Å². The highest BCUT2D eigenvalue weighted by molar-refractivity contribution is 7.80. The van der Waals surface area contributed by atoms with E-state index in [1.165, 1.54) is 4.90 Å². The van der Waals surface area contributed by atoms with Crippen LogP contribution in [0.5, 0.6) is 0 Å². The number of rotatable bonds is 10. The monoisotopic (exact) mass is 431 g/mol. The molecule has 0 saturated carbocycles. The molecule has 1 fully saturated rings. The molecule has 1 heterocycles. The van der Waals surface area contributed by atoms with Crippen molar-refractivity contribution >= 4 is 42.2 Å². The molecular formula is C17H29N5O6S. The average Bonchev–Trinajstić information content (AvgIpc) is 3.16. The summed E-state index contributed by atoms with van der Waals surface area (Å²) in [7, 11) is 0. The van der Waals surface area contributed by atoms with Crippen molar-refractivity contribution in [3.63, 3.8) is 0 Å².